The molecule has 0 unspecified atom stereocenters. The molecule has 2 fully saturated rings. The zero-order chi connectivity index (χ0) is 15.3. The fourth-order valence-corrected chi connectivity index (χ4v) is 2.40. The van der Waals surface area contributed by atoms with Crippen molar-refractivity contribution in [1.29, 1.82) is 0 Å². The summed E-state index contributed by atoms with van der Waals surface area (Å²) >= 11 is 0. The SMILES string of the molecule is CN(CC1CC1)c1ncc(B2OC(C)(C)C(C)(C)O2)cn1. The molecule has 0 radical (unpaired) electrons. The molecular weight excluding hydrogens is 265 g/mol. The number of anilines is 1. The Kier molecular flexibility index (Phi) is 3.49. The summed E-state index contributed by atoms with van der Waals surface area (Å²) in [6.45, 7) is 9.23. The highest BCUT2D eigenvalue weighted by Crippen LogP contribution is 2.36. The summed E-state index contributed by atoms with van der Waals surface area (Å²) in [5.74, 6) is 1.59. The Labute approximate surface area is 127 Å². The highest BCUT2D eigenvalue weighted by atomic mass is 16.7. The van der Waals surface area contributed by atoms with Crippen LogP contribution >= 0.6 is 0 Å². The quantitative estimate of drug-likeness (QED) is 0.788. The van der Waals surface area contributed by atoms with Gasteiger partial charge in [-0.15, -0.1) is 0 Å². The Bertz CT molecular complexity index is 498. The molecule has 0 bridgehead atoms. The number of hydrogen-bond acceptors (Lipinski definition) is 5. The maximum absolute atomic E-state index is 6.01. The highest BCUT2D eigenvalue weighted by molar-refractivity contribution is 6.61. The van der Waals surface area contributed by atoms with E-state index in [-0.39, 0.29) is 11.2 Å². The molecule has 0 amide bonds. The molecule has 0 atom stereocenters. The second-order valence-corrected chi connectivity index (χ2v) is 7.23. The van der Waals surface area contributed by atoms with Gasteiger partial charge in [0.05, 0.1) is 11.2 Å². The molecule has 114 valence electrons. The molecular formula is C15H24BN3O2. The molecule has 5 nitrogen and oxygen atoms in total. The van der Waals surface area contributed by atoms with Crippen molar-refractivity contribution in [2.75, 3.05) is 18.5 Å². The molecule has 0 N–H and O–H groups in total. The summed E-state index contributed by atoms with van der Waals surface area (Å²) in [5.41, 5.74) is 0.204. The van der Waals surface area contributed by atoms with Crippen LogP contribution in [-0.2, 0) is 9.31 Å². The zero-order valence-corrected chi connectivity index (χ0v) is 13.6. The van der Waals surface area contributed by atoms with Crippen molar-refractivity contribution in [1.82, 2.24) is 9.97 Å². The second kappa shape index (κ2) is 4.95. The smallest absolute Gasteiger partial charge is 0.399 e. The molecule has 0 aromatic carbocycles. The van der Waals surface area contributed by atoms with E-state index < -0.39 is 7.12 Å². The lowest BCUT2D eigenvalue weighted by molar-refractivity contribution is 0.00578. The van der Waals surface area contributed by atoms with Crippen LogP contribution in [0, 0.1) is 5.92 Å². The van der Waals surface area contributed by atoms with E-state index in [0.717, 1.165) is 23.9 Å². The minimum atomic E-state index is -0.391. The first kappa shape index (κ1) is 14.8. The van der Waals surface area contributed by atoms with Crippen LogP contribution in [0.25, 0.3) is 0 Å². The lowest BCUT2D eigenvalue weighted by atomic mass is 9.81. The van der Waals surface area contributed by atoms with E-state index in [1.165, 1.54) is 12.8 Å². The van der Waals surface area contributed by atoms with Crippen molar-refractivity contribution >= 4 is 18.5 Å². The Morgan fingerprint density at radius 2 is 1.67 bits per heavy atom. The van der Waals surface area contributed by atoms with Crippen molar-refractivity contribution in [3.63, 3.8) is 0 Å². The standard InChI is InChI=1S/C15H24BN3O2/c1-14(2)15(3,4)21-16(20-14)12-8-17-13(18-9-12)19(5)10-11-6-7-11/h8-9,11H,6-7,10H2,1-5H3. The Morgan fingerprint density at radius 1 is 1.14 bits per heavy atom. The predicted molar refractivity (Wildman–Crippen MR) is 83.7 cm³/mol. The van der Waals surface area contributed by atoms with Gasteiger partial charge >= 0.3 is 7.12 Å². The summed E-state index contributed by atoms with van der Waals surface area (Å²) in [6.07, 6.45) is 6.29. The fourth-order valence-electron chi connectivity index (χ4n) is 2.40. The normalized spacial score (nSPS) is 23.4. The monoisotopic (exact) mass is 289 g/mol. The molecule has 1 aliphatic heterocycles. The molecule has 1 aromatic rings. The molecule has 0 spiro atoms. The molecule has 1 saturated carbocycles. The summed E-state index contributed by atoms with van der Waals surface area (Å²) < 4.78 is 12.0. The van der Waals surface area contributed by atoms with Gasteiger partial charge in [-0.05, 0) is 46.5 Å². The molecule has 2 heterocycles. The van der Waals surface area contributed by atoms with Gasteiger partial charge in [0.2, 0.25) is 5.95 Å². The van der Waals surface area contributed by atoms with Gasteiger partial charge in [0, 0.05) is 31.4 Å². The maximum atomic E-state index is 6.01. The van der Waals surface area contributed by atoms with Crippen LogP contribution < -0.4 is 10.4 Å². The van der Waals surface area contributed by atoms with Crippen LogP contribution in [0.4, 0.5) is 5.95 Å². The molecule has 2 aliphatic rings. The molecule has 21 heavy (non-hydrogen) atoms. The third-order valence-corrected chi connectivity index (χ3v) is 4.75. The van der Waals surface area contributed by atoms with Crippen molar-refractivity contribution in [2.45, 2.75) is 51.7 Å². The van der Waals surface area contributed by atoms with E-state index in [0.29, 0.717) is 0 Å². The number of hydrogen-bond donors (Lipinski definition) is 0. The predicted octanol–water partition coefficient (Wildman–Crippen LogP) is 1.62. The minimum absolute atomic E-state index is 0.334. The molecule has 3 rings (SSSR count). The Morgan fingerprint density at radius 3 is 2.14 bits per heavy atom. The maximum Gasteiger partial charge on any atom is 0.498 e. The van der Waals surface area contributed by atoms with Gasteiger partial charge in [-0.2, -0.15) is 0 Å². The van der Waals surface area contributed by atoms with Crippen LogP contribution in [0.5, 0.6) is 0 Å². The lowest BCUT2D eigenvalue weighted by Crippen LogP contribution is -2.41. The number of rotatable bonds is 4. The largest absolute Gasteiger partial charge is 0.498 e. The van der Waals surface area contributed by atoms with Gasteiger partial charge < -0.3 is 14.2 Å². The summed E-state index contributed by atoms with van der Waals surface area (Å²) in [7, 11) is 1.65. The molecule has 1 saturated heterocycles. The summed E-state index contributed by atoms with van der Waals surface area (Å²) in [4.78, 5) is 11.0. The second-order valence-electron chi connectivity index (χ2n) is 7.23. The lowest BCUT2D eigenvalue weighted by Gasteiger charge is -2.32. The minimum Gasteiger partial charge on any atom is -0.399 e. The van der Waals surface area contributed by atoms with Gasteiger partial charge in [-0.1, -0.05) is 0 Å². The van der Waals surface area contributed by atoms with E-state index >= 15 is 0 Å². The van der Waals surface area contributed by atoms with Gasteiger partial charge in [-0.3, -0.25) is 0 Å². The fraction of sp³-hybridized carbons (Fsp3) is 0.733. The van der Waals surface area contributed by atoms with Crippen LogP contribution in [0.3, 0.4) is 0 Å². The van der Waals surface area contributed by atoms with Crippen LogP contribution in [0.2, 0.25) is 0 Å². The third-order valence-electron chi connectivity index (χ3n) is 4.75. The van der Waals surface area contributed by atoms with Crippen LogP contribution in [0.1, 0.15) is 40.5 Å². The zero-order valence-electron chi connectivity index (χ0n) is 13.6. The first-order valence-electron chi connectivity index (χ1n) is 7.67. The molecule has 6 heteroatoms. The van der Waals surface area contributed by atoms with Crippen LogP contribution in [0.15, 0.2) is 12.4 Å². The molecule has 1 aliphatic carbocycles. The van der Waals surface area contributed by atoms with Gasteiger partial charge in [0.15, 0.2) is 0 Å². The van der Waals surface area contributed by atoms with E-state index in [1.54, 1.807) is 0 Å². The average Bonchev–Trinajstić information content (AvgIpc) is 3.17. The third kappa shape index (κ3) is 2.92. The topological polar surface area (TPSA) is 47.5 Å². The van der Waals surface area contributed by atoms with Crippen molar-refractivity contribution in [3.05, 3.63) is 12.4 Å². The van der Waals surface area contributed by atoms with E-state index in [4.69, 9.17) is 9.31 Å². The summed E-state index contributed by atoms with van der Waals surface area (Å²) in [5, 5.41) is 0. The van der Waals surface area contributed by atoms with Crippen LogP contribution in [-0.4, -0.2) is 41.9 Å². The average molecular weight is 289 g/mol. The van der Waals surface area contributed by atoms with E-state index in [9.17, 15) is 0 Å². The van der Waals surface area contributed by atoms with Crippen molar-refractivity contribution < 1.29 is 9.31 Å². The number of aromatic nitrogens is 2. The number of nitrogens with zero attached hydrogens (tertiary/aromatic N) is 3. The van der Waals surface area contributed by atoms with Gasteiger partial charge in [0.1, 0.15) is 0 Å². The Balaban J connectivity index is 1.70. The van der Waals surface area contributed by atoms with Gasteiger partial charge in [-0.25, -0.2) is 9.97 Å². The van der Waals surface area contributed by atoms with E-state index in [1.807, 2.05) is 47.1 Å². The van der Waals surface area contributed by atoms with E-state index in [2.05, 4.69) is 14.9 Å². The first-order chi connectivity index (χ1) is 9.78. The first-order valence-corrected chi connectivity index (χ1v) is 7.67. The highest BCUT2D eigenvalue weighted by Gasteiger charge is 2.51. The van der Waals surface area contributed by atoms with Crippen molar-refractivity contribution in [3.8, 4) is 0 Å². The molecule has 1 aromatic heterocycles. The van der Waals surface area contributed by atoms with Crippen molar-refractivity contribution in [2.24, 2.45) is 5.92 Å². The summed E-state index contributed by atoms with van der Waals surface area (Å²) in [6, 6.07) is 0. The Hall–Kier alpha value is -1.14. The van der Waals surface area contributed by atoms with Gasteiger partial charge in [0.25, 0.3) is 0 Å².